The lowest BCUT2D eigenvalue weighted by Crippen LogP contribution is -2.31. The van der Waals surface area contributed by atoms with Gasteiger partial charge in [0.05, 0.1) is 0 Å². The molecule has 0 aliphatic heterocycles. The van der Waals surface area contributed by atoms with E-state index in [1.54, 1.807) is 12.1 Å². The van der Waals surface area contributed by atoms with Gasteiger partial charge in [0.25, 0.3) is 5.91 Å². The summed E-state index contributed by atoms with van der Waals surface area (Å²) in [4.78, 5) is 24.0. The Labute approximate surface area is 148 Å². The Morgan fingerprint density at radius 3 is 2.40 bits per heavy atom. The molecule has 2 aromatic carbocycles. The largest absolute Gasteiger partial charge is 0.482 e. The average Bonchev–Trinajstić information content (AvgIpc) is 2.58. The Bertz CT molecular complexity index is 770. The number of esters is 1. The summed E-state index contributed by atoms with van der Waals surface area (Å²) in [5, 5.41) is 2.75. The first-order valence-corrected chi connectivity index (χ1v) is 8.13. The second kappa shape index (κ2) is 8.33. The van der Waals surface area contributed by atoms with Crippen molar-refractivity contribution in [3.05, 3.63) is 59.2 Å². The summed E-state index contributed by atoms with van der Waals surface area (Å²) >= 11 is 0. The van der Waals surface area contributed by atoms with E-state index >= 15 is 0 Å². The first-order valence-electron chi connectivity index (χ1n) is 8.13. The molecule has 0 aliphatic carbocycles. The van der Waals surface area contributed by atoms with Crippen molar-refractivity contribution in [1.82, 2.24) is 0 Å². The molecule has 1 amide bonds. The predicted octanol–water partition coefficient (Wildman–Crippen LogP) is 3.56. The SMILES string of the molecule is Cc1ccc(OCC(=O)OC(C)C(=O)Nc2ccccc2C)cc1C. The van der Waals surface area contributed by atoms with E-state index in [1.807, 2.05) is 51.1 Å². The maximum absolute atomic E-state index is 12.1. The van der Waals surface area contributed by atoms with E-state index in [-0.39, 0.29) is 12.5 Å². The van der Waals surface area contributed by atoms with Gasteiger partial charge in [-0.1, -0.05) is 24.3 Å². The van der Waals surface area contributed by atoms with E-state index in [1.165, 1.54) is 6.92 Å². The van der Waals surface area contributed by atoms with Crippen LogP contribution in [0.15, 0.2) is 42.5 Å². The maximum atomic E-state index is 12.1. The van der Waals surface area contributed by atoms with Crippen LogP contribution in [0.3, 0.4) is 0 Å². The second-order valence-electron chi connectivity index (χ2n) is 5.97. The van der Waals surface area contributed by atoms with E-state index in [0.29, 0.717) is 11.4 Å². The lowest BCUT2D eigenvalue weighted by Gasteiger charge is -2.15. The van der Waals surface area contributed by atoms with Crippen molar-refractivity contribution >= 4 is 17.6 Å². The van der Waals surface area contributed by atoms with Gasteiger partial charge in [-0.3, -0.25) is 4.79 Å². The van der Waals surface area contributed by atoms with Gasteiger partial charge in [-0.15, -0.1) is 0 Å². The molecule has 0 aliphatic rings. The van der Waals surface area contributed by atoms with Gasteiger partial charge in [-0.2, -0.15) is 0 Å². The first-order chi connectivity index (χ1) is 11.9. The van der Waals surface area contributed by atoms with Gasteiger partial charge in [-0.25, -0.2) is 4.79 Å². The maximum Gasteiger partial charge on any atom is 0.344 e. The number of rotatable bonds is 6. The number of nitrogens with one attached hydrogen (secondary N) is 1. The topological polar surface area (TPSA) is 64.6 Å². The number of ether oxygens (including phenoxy) is 2. The van der Waals surface area contributed by atoms with Gasteiger partial charge in [-0.05, 0) is 62.6 Å². The fourth-order valence-corrected chi connectivity index (χ4v) is 2.18. The van der Waals surface area contributed by atoms with E-state index in [2.05, 4.69) is 5.32 Å². The zero-order chi connectivity index (χ0) is 18.4. The Morgan fingerprint density at radius 2 is 1.72 bits per heavy atom. The third kappa shape index (κ3) is 5.35. The Hall–Kier alpha value is -2.82. The molecule has 0 fully saturated rings. The van der Waals surface area contributed by atoms with Crippen LogP contribution in [0.25, 0.3) is 0 Å². The van der Waals surface area contributed by atoms with Gasteiger partial charge in [0.1, 0.15) is 5.75 Å². The van der Waals surface area contributed by atoms with Crippen LogP contribution in [0.1, 0.15) is 23.6 Å². The summed E-state index contributed by atoms with van der Waals surface area (Å²) in [6.07, 6.45) is -0.907. The number of hydrogen-bond donors (Lipinski definition) is 1. The van der Waals surface area contributed by atoms with Gasteiger partial charge >= 0.3 is 5.97 Å². The van der Waals surface area contributed by atoms with Crippen molar-refractivity contribution in [1.29, 1.82) is 0 Å². The fourth-order valence-electron chi connectivity index (χ4n) is 2.18. The molecule has 0 radical (unpaired) electrons. The summed E-state index contributed by atoms with van der Waals surface area (Å²) in [6.45, 7) is 7.15. The minimum Gasteiger partial charge on any atom is -0.482 e. The van der Waals surface area contributed by atoms with Crippen molar-refractivity contribution in [3.63, 3.8) is 0 Å². The van der Waals surface area contributed by atoms with Crippen LogP contribution in [0, 0.1) is 20.8 Å². The molecule has 0 saturated carbocycles. The quantitative estimate of drug-likeness (QED) is 0.816. The number of para-hydroxylation sites is 1. The molecular formula is C20H23NO4. The zero-order valence-corrected chi connectivity index (χ0v) is 15.0. The van der Waals surface area contributed by atoms with Gasteiger partial charge in [0.2, 0.25) is 0 Å². The molecule has 0 saturated heterocycles. The number of benzene rings is 2. The lowest BCUT2D eigenvalue weighted by atomic mass is 10.1. The molecule has 132 valence electrons. The second-order valence-corrected chi connectivity index (χ2v) is 5.97. The molecule has 5 nitrogen and oxygen atoms in total. The van der Waals surface area contributed by atoms with E-state index in [9.17, 15) is 9.59 Å². The molecule has 2 aromatic rings. The fraction of sp³-hybridized carbons (Fsp3) is 0.300. The van der Waals surface area contributed by atoms with Crippen molar-refractivity contribution in [3.8, 4) is 5.75 Å². The minimum absolute atomic E-state index is 0.246. The van der Waals surface area contributed by atoms with Crippen molar-refractivity contribution in [2.45, 2.75) is 33.8 Å². The molecule has 1 N–H and O–H groups in total. The highest BCUT2D eigenvalue weighted by Gasteiger charge is 2.18. The van der Waals surface area contributed by atoms with Crippen molar-refractivity contribution in [2.24, 2.45) is 0 Å². The number of aryl methyl sites for hydroxylation is 3. The normalized spacial score (nSPS) is 11.5. The Kier molecular flexibility index (Phi) is 6.17. The predicted molar refractivity (Wildman–Crippen MR) is 96.8 cm³/mol. The van der Waals surface area contributed by atoms with Gasteiger partial charge < -0.3 is 14.8 Å². The third-order valence-corrected chi connectivity index (χ3v) is 3.92. The molecule has 25 heavy (non-hydrogen) atoms. The molecule has 1 atom stereocenters. The monoisotopic (exact) mass is 341 g/mol. The number of carbonyl (C=O) groups is 2. The highest BCUT2D eigenvalue weighted by molar-refractivity contribution is 5.95. The summed E-state index contributed by atoms with van der Waals surface area (Å²) < 4.78 is 10.5. The molecule has 2 rings (SSSR count). The van der Waals surface area contributed by atoms with Crippen molar-refractivity contribution in [2.75, 3.05) is 11.9 Å². The average molecular weight is 341 g/mol. The summed E-state index contributed by atoms with van der Waals surface area (Å²) in [6, 6.07) is 13.0. The Morgan fingerprint density at radius 1 is 1.00 bits per heavy atom. The summed E-state index contributed by atoms with van der Waals surface area (Å²) in [7, 11) is 0. The van der Waals surface area contributed by atoms with Gasteiger partial charge in [0, 0.05) is 5.69 Å². The summed E-state index contributed by atoms with van der Waals surface area (Å²) in [5.41, 5.74) is 3.86. The third-order valence-electron chi connectivity index (χ3n) is 3.92. The smallest absolute Gasteiger partial charge is 0.344 e. The summed E-state index contributed by atoms with van der Waals surface area (Å²) in [5.74, 6) is -0.378. The molecule has 0 aromatic heterocycles. The van der Waals surface area contributed by atoms with E-state index in [4.69, 9.17) is 9.47 Å². The molecule has 0 bridgehead atoms. The number of carbonyl (C=O) groups excluding carboxylic acids is 2. The number of amides is 1. The highest BCUT2D eigenvalue weighted by atomic mass is 16.6. The highest BCUT2D eigenvalue weighted by Crippen LogP contribution is 2.17. The van der Waals surface area contributed by atoms with Crippen LogP contribution in [0.2, 0.25) is 0 Å². The number of anilines is 1. The zero-order valence-electron chi connectivity index (χ0n) is 15.0. The number of hydrogen-bond acceptors (Lipinski definition) is 4. The van der Waals surface area contributed by atoms with Gasteiger partial charge in [0.15, 0.2) is 12.7 Å². The van der Waals surface area contributed by atoms with Crippen LogP contribution in [-0.4, -0.2) is 24.6 Å². The molecule has 1 unspecified atom stereocenters. The molecule has 0 spiro atoms. The standard InChI is InChI=1S/C20H23NO4/c1-13-9-10-17(11-15(13)3)24-12-19(22)25-16(4)20(23)21-18-8-6-5-7-14(18)2/h5-11,16H,12H2,1-4H3,(H,21,23). The first kappa shape index (κ1) is 18.5. The van der Waals surface area contributed by atoms with Crippen LogP contribution in [0.5, 0.6) is 5.75 Å². The van der Waals surface area contributed by atoms with E-state index in [0.717, 1.165) is 16.7 Å². The minimum atomic E-state index is -0.907. The Balaban J connectivity index is 1.83. The molecule has 5 heteroatoms. The van der Waals surface area contributed by atoms with Crippen LogP contribution in [0.4, 0.5) is 5.69 Å². The van der Waals surface area contributed by atoms with Crippen LogP contribution < -0.4 is 10.1 Å². The molecular weight excluding hydrogens is 318 g/mol. The lowest BCUT2D eigenvalue weighted by molar-refractivity contribution is -0.155. The van der Waals surface area contributed by atoms with Crippen LogP contribution in [-0.2, 0) is 14.3 Å². The van der Waals surface area contributed by atoms with E-state index < -0.39 is 12.1 Å². The van der Waals surface area contributed by atoms with Crippen molar-refractivity contribution < 1.29 is 19.1 Å². The van der Waals surface area contributed by atoms with Crippen LogP contribution >= 0.6 is 0 Å². The molecule has 0 heterocycles.